The van der Waals surface area contributed by atoms with Gasteiger partial charge in [-0.05, 0) is 72.5 Å². The van der Waals surface area contributed by atoms with Gasteiger partial charge in [-0.15, -0.1) is 0 Å². The summed E-state index contributed by atoms with van der Waals surface area (Å²) in [5.74, 6) is 0.891. The minimum Gasteiger partial charge on any atom is -0.380 e. The van der Waals surface area contributed by atoms with Crippen molar-refractivity contribution in [2.24, 2.45) is 5.92 Å². The van der Waals surface area contributed by atoms with E-state index in [1.807, 2.05) is 0 Å². The molecule has 1 rings (SSSR count). The van der Waals surface area contributed by atoms with Crippen molar-refractivity contribution in [2.45, 2.75) is 64.8 Å². The van der Waals surface area contributed by atoms with Crippen LogP contribution in [0.3, 0.4) is 0 Å². The monoisotopic (exact) mass is 284 g/mol. The van der Waals surface area contributed by atoms with Crippen molar-refractivity contribution < 1.29 is 4.74 Å². The van der Waals surface area contributed by atoms with Crippen molar-refractivity contribution >= 4 is 0 Å². The Morgan fingerprint density at radius 2 is 1.75 bits per heavy atom. The zero-order valence-corrected chi connectivity index (χ0v) is 14.2. The van der Waals surface area contributed by atoms with Gasteiger partial charge in [0.05, 0.1) is 6.61 Å². The average molecular weight is 284 g/mol. The second-order valence-electron chi connectivity index (χ2n) is 7.41. The maximum Gasteiger partial charge on any atom is 0.0593 e. The van der Waals surface area contributed by atoms with E-state index in [4.69, 9.17) is 4.74 Å². The summed E-state index contributed by atoms with van der Waals surface area (Å²) in [6, 6.07) is 0. The van der Waals surface area contributed by atoms with Gasteiger partial charge in [0.2, 0.25) is 0 Å². The van der Waals surface area contributed by atoms with Gasteiger partial charge in [-0.2, -0.15) is 0 Å². The maximum atomic E-state index is 5.67. The molecule has 3 heteroatoms. The van der Waals surface area contributed by atoms with Crippen LogP contribution in [0.15, 0.2) is 0 Å². The van der Waals surface area contributed by atoms with Gasteiger partial charge in [0.15, 0.2) is 0 Å². The lowest BCUT2D eigenvalue weighted by Gasteiger charge is -2.20. The van der Waals surface area contributed by atoms with Crippen LogP contribution in [0.4, 0.5) is 0 Å². The lowest BCUT2D eigenvalue weighted by Crippen LogP contribution is -2.36. The van der Waals surface area contributed by atoms with E-state index < -0.39 is 0 Å². The zero-order valence-electron chi connectivity index (χ0n) is 14.2. The molecular formula is C17H36N2O. The highest BCUT2D eigenvalue weighted by atomic mass is 16.5. The van der Waals surface area contributed by atoms with Gasteiger partial charge in [-0.3, -0.25) is 0 Å². The molecule has 1 N–H and O–H groups in total. The van der Waals surface area contributed by atoms with Gasteiger partial charge in [-0.1, -0.05) is 12.8 Å². The van der Waals surface area contributed by atoms with Gasteiger partial charge in [0.1, 0.15) is 0 Å². The van der Waals surface area contributed by atoms with Gasteiger partial charge >= 0.3 is 0 Å². The van der Waals surface area contributed by atoms with E-state index in [1.54, 1.807) is 0 Å². The predicted molar refractivity (Wildman–Crippen MR) is 87.3 cm³/mol. The van der Waals surface area contributed by atoms with Crippen LogP contribution < -0.4 is 5.32 Å². The SMILES string of the molecule is CN(CCCCCCNC(C)(C)C)CCOCC1CC1. The van der Waals surface area contributed by atoms with Crippen molar-refractivity contribution in [3.8, 4) is 0 Å². The molecule has 0 aromatic carbocycles. The molecule has 3 nitrogen and oxygen atoms in total. The molecular weight excluding hydrogens is 248 g/mol. The first-order valence-corrected chi connectivity index (χ1v) is 8.49. The summed E-state index contributed by atoms with van der Waals surface area (Å²) in [6.45, 7) is 12.0. The number of likely N-dealkylation sites (N-methyl/N-ethyl adjacent to an activating group) is 1. The third-order valence-electron chi connectivity index (χ3n) is 3.79. The number of hydrogen-bond acceptors (Lipinski definition) is 3. The van der Waals surface area contributed by atoms with Crippen LogP contribution in [0.1, 0.15) is 59.3 Å². The van der Waals surface area contributed by atoms with Crippen LogP contribution in [0.5, 0.6) is 0 Å². The molecule has 0 atom stereocenters. The topological polar surface area (TPSA) is 24.5 Å². The molecule has 1 aliphatic carbocycles. The Labute approximate surface area is 126 Å². The van der Waals surface area contributed by atoms with Crippen LogP contribution in [0.2, 0.25) is 0 Å². The number of ether oxygens (including phenoxy) is 1. The Hall–Kier alpha value is -0.120. The number of hydrogen-bond donors (Lipinski definition) is 1. The molecule has 0 spiro atoms. The van der Waals surface area contributed by atoms with E-state index in [9.17, 15) is 0 Å². The van der Waals surface area contributed by atoms with Crippen LogP contribution in [-0.2, 0) is 4.74 Å². The van der Waals surface area contributed by atoms with E-state index in [0.717, 1.165) is 32.2 Å². The smallest absolute Gasteiger partial charge is 0.0593 e. The van der Waals surface area contributed by atoms with Crippen molar-refractivity contribution in [3.05, 3.63) is 0 Å². The van der Waals surface area contributed by atoms with E-state index in [2.05, 4.69) is 38.0 Å². The highest BCUT2D eigenvalue weighted by Crippen LogP contribution is 2.28. The summed E-state index contributed by atoms with van der Waals surface area (Å²) in [5.41, 5.74) is 0.265. The zero-order chi connectivity index (χ0) is 14.8. The molecule has 1 fully saturated rings. The minimum atomic E-state index is 0.265. The molecule has 0 heterocycles. The standard InChI is InChI=1S/C17H36N2O/c1-17(2,3)18-11-7-5-6-8-12-19(4)13-14-20-15-16-9-10-16/h16,18H,5-15H2,1-4H3. The first-order valence-electron chi connectivity index (χ1n) is 8.49. The molecule has 0 aliphatic heterocycles. The first-order chi connectivity index (χ1) is 9.47. The molecule has 0 aromatic rings. The van der Waals surface area contributed by atoms with Crippen molar-refractivity contribution in [2.75, 3.05) is 39.9 Å². The Morgan fingerprint density at radius 1 is 1.05 bits per heavy atom. The highest BCUT2D eigenvalue weighted by Gasteiger charge is 2.20. The van der Waals surface area contributed by atoms with Gasteiger partial charge < -0.3 is 15.0 Å². The first kappa shape index (κ1) is 17.9. The fourth-order valence-corrected chi connectivity index (χ4v) is 2.19. The summed E-state index contributed by atoms with van der Waals surface area (Å²) in [7, 11) is 2.21. The normalized spacial score (nSPS) is 16.1. The lowest BCUT2D eigenvalue weighted by atomic mass is 10.1. The van der Waals surface area contributed by atoms with Crippen molar-refractivity contribution in [1.82, 2.24) is 10.2 Å². The third-order valence-corrected chi connectivity index (χ3v) is 3.79. The largest absolute Gasteiger partial charge is 0.380 e. The second-order valence-corrected chi connectivity index (χ2v) is 7.41. The molecule has 1 saturated carbocycles. The minimum absolute atomic E-state index is 0.265. The molecule has 0 bridgehead atoms. The van der Waals surface area contributed by atoms with Crippen LogP contribution in [-0.4, -0.2) is 50.3 Å². The molecule has 1 aliphatic rings. The number of rotatable bonds is 12. The van der Waals surface area contributed by atoms with E-state index in [-0.39, 0.29) is 5.54 Å². The summed E-state index contributed by atoms with van der Waals surface area (Å²) in [6.07, 6.45) is 8.08. The van der Waals surface area contributed by atoms with Gasteiger partial charge in [0.25, 0.3) is 0 Å². The lowest BCUT2D eigenvalue weighted by molar-refractivity contribution is 0.103. The van der Waals surface area contributed by atoms with Crippen LogP contribution in [0.25, 0.3) is 0 Å². The number of nitrogens with one attached hydrogen (secondary N) is 1. The fourth-order valence-electron chi connectivity index (χ4n) is 2.19. The Balaban J connectivity index is 1.77. The summed E-state index contributed by atoms with van der Waals surface area (Å²) in [5, 5.41) is 3.54. The van der Waals surface area contributed by atoms with Crippen LogP contribution >= 0.6 is 0 Å². The molecule has 120 valence electrons. The molecule has 0 amide bonds. The van der Waals surface area contributed by atoms with Crippen LogP contribution in [0, 0.1) is 5.92 Å². The second kappa shape index (κ2) is 9.75. The summed E-state index contributed by atoms with van der Waals surface area (Å²) in [4.78, 5) is 2.40. The van der Waals surface area contributed by atoms with Crippen molar-refractivity contribution in [3.63, 3.8) is 0 Å². The third kappa shape index (κ3) is 11.7. The molecule has 0 aromatic heterocycles. The highest BCUT2D eigenvalue weighted by molar-refractivity contribution is 4.72. The summed E-state index contributed by atoms with van der Waals surface area (Å²) >= 11 is 0. The molecule has 0 radical (unpaired) electrons. The maximum absolute atomic E-state index is 5.67. The van der Waals surface area contributed by atoms with E-state index in [1.165, 1.54) is 45.1 Å². The van der Waals surface area contributed by atoms with Gasteiger partial charge in [-0.25, -0.2) is 0 Å². The Bertz CT molecular complexity index is 234. The Kier molecular flexibility index (Phi) is 8.74. The van der Waals surface area contributed by atoms with Gasteiger partial charge in [0, 0.05) is 18.7 Å². The van der Waals surface area contributed by atoms with E-state index in [0.29, 0.717) is 0 Å². The average Bonchev–Trinajstić information content (AvgIpc) is 3.16. The fraction of sp³-hybridized carbons (Fsp3) is 1.00. The molecule has 20 heavy (non-hydrogen) atoms. The number of nitrogens with zero attached hydrogens (tertiary/aromatic N) is 1. The quantitative estimate of drug-likeness (QED) is 0.557. The van der Waals surface area contributed by atoms with E-state index >= 15 is 0 Å². The predicted octanol–water partition coefficient (Wildman–Crippen LogP) is 3.29. The summed E-state index contributed by atoms with van der Waals surface area (Å²) < 4.78 is 5.67. The van der Waals surface area contributed by atoms with Crippen molar-refractivity contribution in [1.29, 1.82) is 0 Å². The number of unbranched alkanes of at least 4 members (excludes halogenated alkanes) is 3. The Morgan fingerprint density at radius 3 is 2.40 bits per heavy atom. The molecule has 0 saturated heterocycles. The molecule has 0 unspecified atom stereocenters.